The van der Waals surface area contributed by atoms with Gasteiger partial charge in [0.1, 0.15) is 12.6 Å². The zero-order valence-corrected chi connectivity index (χ0v) is 9.76. The maximum Gasteiger partial charge on any atom is 0.128 e. The summed E-state index contributed by atoms with van der Waals surface area (Å²) < 4.78 is 0.500. The predicted octanol–water partition coefficient (Wildman–Crippen LogP) is 0.00500. The van der Waals surface area contributed by atoms with Gasteiger partial charge in [0.25, 0.3) is 0 Å². The third kappa shape index (κ3) is 5.09. The van der Waals surface area contributed by atoms with Crippen molar-refractivity contribution in [2.45, 2.75) is 6.10 Å². The van der Waals surface area contributed by atoms with E-state index in [1.165, 1.54) is 0 Å². The average molecular weight is 215 g/mol. The number of aliphatic hydroxyl groups excluding tert-OH is 2. The van der Waals surface area contributed by atoms with Crippen LogP contribution < -0.4 is 0 Å². The van der Waals surface area contributed by atoms with Gasteiger partial charge in [-0.2, -0.15) is 0 Å². The van der Waals surface area contributed by atoms with E-state index >= 15 is 0 Å². The van der Waals surface area contributed by atoms with Crippen LogP contribution >= 0.6 is 0 Å². The van der Waals surface area contributed by atoms with Crippen LogP contribution in [0, 0.1) is 0 Å². The van der Waals surface area contributed by atoms with Crippen LogP contribution in [-0.2, 0) is 0 Å². The molecule has 1 atom stereocenters. The number of rotatable bonds is 8. The number of quaternary nitrogens is 1. The number of hydrogen-bond acceptors (Lipinski definition) is 3. The fourth-order valence-electron chi connectivity index (χ4n) is 1.50. The van der Waals surface area contributed by atoms with Crippen molar-refractivity contribution < 1.29 is 14.8 Å². The van der Waals surface area contributed by atoms with Crippen LogP contribution in [0.25, 0.3) is 0 Å². The summed E-state index contributed by atoms with van der Waals surface area (Å²) in [7, 11) is 3.96. The predicted molar refractivity (Wildman–Crippen MR) is 62.0 cm³/mol. The maximum atomic E-state index is 9.43. The van der Waals surface area contributed by atoms with Crippen LogP contribution in [0.1, 0.15) is 0 Å². The molecule has 0 bridgehead atoms. The summed E-state index contributed by atoms with van der Waals surface area (Å²) in [6.07, 6.45) is 2.93. The topological polar surface area (TPSA) is 43.7 Å². The van der Waals surface area contributed by atoms with Crippen molar-refractivity contribution in [2.24, 2.45) is 0 Å². The normalized spacial score (nSPS) is 13.9. The lowest BCUT2D eigenvalue weighted by Crippen LogP contribution is -2.58. The third-order valence-corrected chi connectivity index (χ3v) is 2.31. The Morgan fingerprint density at radius 1 is 1.27 bits per heavy atom. The molecular weight excluding hydrogens is 192 g/mol. The summed E-state index contributed by atoms with van der Waals surface area (Å²) in [6, 6.07) is 0. The molecule has 0 rings (SSSR count). The van der Waals surface area contributed by atoms with Crippen LogP contribution in [0.4, 0.5) is 0 Å². The zero-order valence-electron chi connectivity index (χ0n) is 9.76. The van der Waals surface area contributed by atoms with E-state index in [9.17, 15) is 5.11 Å². The lowest BCUT2D eigenvalue weighted by atomic mass is 10.3. The molecule has 2 N–H and O–H groups in total. The first-order chi connectivity index (χ1) is 6.97. The Morgan fingerprint density at radius 3 is 2.07 bits per heavy atom. The summed E-state index contributed by atoms with van der Waals surface area (Å²) in [4.78, 5) is 0. The van der Waals surface area contributed by atoms with Gasteiger partial charge in [-0.1, -0.05) is 12.2 Å². The third-order valence-electron chi connectivity index (χ3n) is 2.31. The molecule has 0 amide bonds. The largest absolute Gasteiger partial charge is 0.393 e. The first-order valence-corrected chi connectivity index (χ1v) is 5.07. The summed E-state index contributed by atoms with van der Waals surface area (Å²) in [5.74, 6) is 0. The van der Waals surface area contributed by atoms with Gasteiger partial charge < -0.3 is 10.2 Å². The highest BCUT2D eigenvalue weighted by molar-refractivity contribution is 4.75. The molecule has 0 saturated carbocycles. The van der Waals surface area contributed by atoms with Gasteiger partial charge >= 0.3 is 0 Å². The monoisotopic (exact) mass is 215 g/mol. The Hall–Kier alpha value is -0.680. The molecule has 1 unspecified atom stereocenters. The van der Waals surface area contributed by atoms with Crippen molar-refractivity contribution in [3.05, 3.63) is 25.3 Å². The molecule has 0 spiro atoms. The zero-order chi connectivity index (χ0) is 11.9. The lowest BCUT2D eigenvalue weighted by molar-refractivity contribution is -1.00. The molecule has 0 aromatic rings. The standard InChI is InChI=1S/C11H23N2O2/c1-5-7-12(8-6-2)13(3,4)9-11(15)10-14/h5-6,11,14-15H,1-2,7-10H2,3-4H3/q+1. The van der Waals surface area contributed by atoms with Crippen molar-refractivity contribution in [3.8, 4) is 0 Å². The molecule has 0 aromatic heterocycles. The Kier molecular flexibility index (Phi) is 6.43. The van der Waals surface area contributed by atoms with Crippen molar-refractivity contribution in [1.29, 1.82) is 0 Å². The summed E-state index contributed by atoms with van der Waals surface area (Å²) in [5.41, 5.74) is 0. The molecule has 0 aliphatic carbocycles. The van der Waals surface area contributed by atoms with E-state index in [1.54, 1.807) is 0 Å². The van der Waals surface area contributed by atoms with Crippen molar-refractivity contribution in [3.63, 3.8) is 0 Å². The number of hydrogen-bond donors (Lipinski definition) is 2. The molecule has 4 heteroatoms. The molecule has 0 saturated heterocycles. The molecule has 15 heavy (non-hydrogen) atoms. The Labute approximate surface area is 92.3 Å². The van der Waals surface area contributed by atoms with Crippen molar-refractivity contribution >= 4 is 0 Å². The second-order valence-corrected chi connectivity index (χ2v) is 4.09. The highest BCUT2D eigenvalue weighted by Gasteiger charge is 2.26. The van der Waals surface area contributed by atoms with E-state index in [4.69, 9.17) is 5.11 Å². The number of likely N-dealkylation sites (N-methyl/N-ethyl adjacent to an activating group) is 1. The van der Waals surface area contributed by atoms with Crippen molar-refractivity contribution in [1.82, 2.24) is 5.01 Å². The molecular formula is C11H23N2O2+. The van der Waals surface area contributed by atoms with Crippen LogP contribution in [0.2, 0.25) is 0 Å². The quantitative estimate of drug-likeness (QED) is 0.340. The molecule has 0 aliphatic rings. The highest BCUT2D eigenvalue weighted by atomic mass is 16.3. The smallest absolute Gasteiger partial charge is 0.128 e. The van der Waals surface area contributed by atoms with E-state index < -0.39 is 6.10 Å². The summed E-state index contributed by atoms with van der Waals surface area (Å²) >= 11 is 0. The van der Waals surface area contributed by atoms with Gasteiger partial charge in [0.15, 0.2) is 0 Å². The van der Waals surface area contributed by atoms with Crippen LogP contribution in [0.3, 0.4) is 0 Å². The van der Waals surface area contributed by atoms with Gasteiger partial charge in [0.05, 0.1) is 33.8 Å². The van der Waals surface area contributed by atoms with E-state index in [0.717, 1.165) is 13.1 Å². The molecule has 0 heterocycles. The molecule has 0 fully saturated rings. The summed E-state index contributed by atoms with van der Waals surface area (Å²) in [5, 5.41) is 20.4. The van der Waals surface area contributed by atoms with E-state index in [2.05, 4.69) is 18.2 Å². The first kappa shape index (κ1) is 14.3. The number of nitrogens with zero attached hydrogens (tertiary/aromatic N) is 2. The maximum absolute atomic E-state index is 9.43. The van der Waals surface area contributed by atoms with Gasteiger partial charge in [-0.15, -0.1) is 18.2 Å². The van der Waals surface area contributed by atoms with E-state index in [-0.39, 0.29) is 6.61 Å². The minimum absolute atomic E-state index is 0.211. The van der Waals surface area contributed by atoms with Crippen molar-refractivity contribution in [2.75, 3.05) is 40.3 Å². The highest BCUT2D eigenvalue weighted by Crippen LogP contribution is 2.07. The fraction of sp³-hybridized carbons (Fsp3) is 0.636. The van der Waals surface area contributed by atoms with Gasteiger partial charge in [-0.3, -0.25) is 0 Å². The molecule has 88 valence electrons. The van der Waals surface area contributed by atoms with Crippen LogP contribution in [0.15, 0.2) is 25.3 Å². The Bertz CT molecular complexity index is 195. The second kappa shape index (κ2) is 6.74. The van der Waals surface area contributed by atoms with E-state index in [0.29, 0.717) is 11.1 Å². The van der Waals surface area contributed by atoms with Crippen LogP contribution in [-0.4, -0.2) is 66.3 Å². The Morgan fingerprint density at radius 2 is 1.73 bits per heavy atom. The minimum Gasteiger partial charge on any atom is -0.393 e. The minimum atomic E-state index is -0.697. The molecule has 0 aromatic carbocycles. The number of aliphatic hydroxyl groups is 2. The van der Waals surface area contributed by atoms with Gasteiger partial charge in [-0.25, -0.2) is 4.59 Å². The second-order valence-electron chi connectivity index (χ2n) is 4.09. The first-order valence-electron chi connectivity index (χ1n) is 5.07. The van der Waals surface area contributed by atoms with E-state index in [1.807, 2.05) is 26.2 Å². The van der Waals surface area contributed by atoms with Crippen LogP contribution in [0.5, 0.6) is 0 Å². The fourth-order valence-corrected chi connectivity index (χ4v) is 1.50. The average Bonchev–Trinajstić information content (AvgIpc) is 2.16. The summed E-state index contributed by atoms with van der Waals surface area (Å²) in [6.45, 7) is 9.09. The molecule has 0 radical (unpaired) electrons. The van der Waals surface area contributed by atoms with Gasteiger partial charge in [0.2, 0.25) is 0 Å². The van der Waals surface area contributed by atoms with Gasteiger partial charge in [-0.05, 0) is 0 Å². The SMILES string of the molecule is C=CCN(CC=C)[N+](C)(C)CC(O)CO. The molecule has 0 aliphatic heterocycles. The lowest BCUT2D eigenvalue weighted by Gasteiger charge is -2.39. The molecule has 4 nitrogen and oxygen atoms in total. The Balaban J connectivity index is 4.45. The van der Waals surface area contributed by atoms with Gasteiger partial charge in [0, 0.05) is 0 Å².